The average Bonchev–Trinajstić information content (AvgIpc) is 2.41. The molecule has 0 saturated heterocycles. The molecule has 1 unspecified atom stereocenters. The van der Waals surface area contributed by atoms with Crippen LogP contribution in [-0.4, -0.2) is 41.1 Å². The van der Waals surface area contributed by atoms with Gasteiger partial charge in [0.25, 0.3) is 0 Å². The van der Waals surface area contributed by atoms with Crippen LogP contribution in [0.4, 0.5) is 11.4 Å². The van der Waals surface area contributed by atoms with E-state index in [4.69, 9.17) is 10.8 Å². The molecule has 0 aliphatic heterocycles. The number of hydrogen-bond donors (Lipinski definition) is 3. The van der Waals surface area contributed by atoms with E-state index in [0.29, 0.717) is 24.3 Å². The van der Waals surface area contributed by atoms with E-state index in [1.165, 1.54) is 0 Å². The van der Waals surface area contributed by atoms with E-state index >= 15 is 0 Å². The Morgan fingerprint density at radius 1 is 1.35 bits per heavy atom. The quantitative estimate of drug-likeness (QED) is 0.664. The normalized spacial score (nSPS) is 12.7. The molecule has 0 bridgehead atoms. The summed E-state index contributed by atoms with van der Waals surface area (Å²) in [4.78, 5) is 14.4. The van der Waals surface area contributed by atoms with Gasteiger partial charge in [-0.1, -0.05) is 12.1 Å². The number of anilines is 2. The van der Waals surface area contributed by atoms with E-state index in [2.05, 4.69) is 10.2 Å². The van der Waals surface area contributed by atoms with Gasteiger partial charge < -0.3 is 16.2 Å². The van der Waals surface area contributed by atoms with Crippen LogP contribution >= 0.6 is 0 Å². The molecule has 1 rings (SSSR count). The number of nitrogens with one attached hydrogen (secondary N) is 1. The van der Waals surface area contributed by atoms with Gasteiger partial charge in [-0.2, -0.15) is 0 Å². The maximum absolute atomic E-state index is 12.3. The third-order valence-corrected chi connectivity index (χ3v) is 3.33. The van der Waals surface area contributed by atoms with Crippen molar-refractivity contribution in [2.75, 3.05) is 24.2 Å². The summed E-state index contributed by atoms with van der Waals surface area (Å²) in [7, 11) is 0. The third kappa shape index (κ3) is 4.51. The zero-order valence-corrected chi connectivity index (χ0v) is 12.5. The number of rotatable bonds is 7. The zero-order valence-electron chi connectivity index (χ0n) is 12.5. The number of benzene rings is 1. The molecule has 20 heavy (non-hydrogen) atoms. The van der Waals surface area contributed by atoms with Crippen molar-refractivity contribution in [2.45, 2.75) is 39.3 Å². The first-order chi connectivity index (χ1) is 9.47. The molecular formula is C15H25N3O2. The third-order valence-electron chi connectivity index (χ3n) is 3.33. The SMILES string of the molecule is CC(C)N(CCCO)C(C)C(=O)Nc1ccccc1N. The van der Waals surface area contributed by atoms with Gasteiger partial charge in [0, 0.05) is 19.2 Å². The molecule has 1 atom stereocenters. The van der Waals surface area contributed by atoms with Crippen LogP contribution in [-0.2, 0) is 4.79 Å². The minimum absolute atomic E-state index is 0.0884. The van der Waals surface area contributed by atoms with Gasteiger partial charge in [0.2, 0.25) is 5.91 Å². The smallest absolute Gasteiger partial charge is 0.241 e. The summed E-state index contributed by atoms with van der Waals surface area (Å²) < 4.78 is 0. The second-order valence-corrected chi connectivity index (χ2v) is 5.16. The van der Waals surface area contributed by atoms with Crippen molar-refractivity contribution in [3.63, 3.8) is 0 Å². The summed E-state index contributed by atoms with van der Waals surface area (Å²) in [5.74, 6) is -0.0884. The van der Waals surface area contributed by atoms with Crippen LogP contribution in [0.1, 0.15) is 27.2 Å². The lowest BCUT2D eigenvalue weighted by molar-refractivity contribution is -0.121. The lowest BCUT2D eigenvalue weighted by atomic mass is 10.1. The highest BCUT2D eigenvalue weighted by molar-refractivity contribution is 5.97. The van der Waals surface area contributed by atoms with Gasteiger partial charge in [-0.3, -0.25) is 9.69 Å². The Bertz CT molecular complexity index is 435. The largest absolute Gasteiger partial charge is 0.397 e. The molecule has 0 aromatic heterocycles. The van der Waals surface area contributed by atoms with Crippen LogP contribution in [0.15, 0.2) is 24.3 Å². The van der Waals surface area contributed by atoms with E-state index in [1.54, 1.807) is 12.1 Å². The fraction of sp³-hybridized carbons (Fsp3) is 0.533. The fourth-order valence-electron chi connectivity index (χ4n) is 2.15. The first-order valence-electron chi connectivity index (χ1n) is 6.99. The topological polar surface area (TPSA) is 78.6 Å². The molecule has 0 aliphatic carbocycles. The maximum atomic E-state index is 12.3. The zero-order chi connectivity index (χ0) is 15.1. The van der Waals surface area contributed by atoms with Crippen molar-refractivity contribution in [3.8, 4) is 0 Å². The summed E-state index contributed by atoms with van der Waals surface area (Å²) in [6.45, 7) is 6.76. The van der Waals surface area contributed by atoms with Gasteiger partial charge in [0.15, 0.2) is 0 Å². The summed E-state index contributed by atoms with van der Waals surface area (Å²) >= 11 is 0. The number of nitrogens with zero attached hydrogens (tertiary/aromatic N) is 1. The standard InChI is InChI=1S/C15H25N3O2/c1-11(2)18(9-6-10-19)12(3)15(20)17-14-8-5-4-7-13(14)16/h4-5,7-8,11-12,19H,6,9-10,16H2,1-3H3,(H,17,20). The van der Waals surface area contributed by atoms with Crippen LogP contribution in [0, 0.1) is 0 Å². The van der Waals surface area contributed by atoms with Crippen LogP contribution in [0.5, 0.6) is 0 Å². The van der Waals surface area contributed by atoms with E-state index in [0.717, 1.165) is 0 Å². The molecule has 0 heterocycles. The first kappa shape index (κ1) is 16.5. The Morgan fingerprint density at radius 2 is 2.00 bits per heavy atom. The van der Waals surface area contributed by atoms with E-state index < -0.39 is 0 Å². The lowest BCUT2D eigenvalue weighted by Gasteiger charge is -2.31. The second-order valence-electron chi connectivity index (χ2n) is 5.16. The van der Waals surface area contributed by atoms with Gasteiger partial charge >= 0.3 is 0 Å². The lowest BCUT2D eigenvalue weighted by Crippen LogP contribution is -2.46. The van der Waals surface area contributed by atoms with Crippen molar-refractivity contribution < 1.29 is 9.90 Å². The van der Waals surface area contributed by atoms with Crippen LogP contribution in [0.25, 0.3) is 0 Å². The summed E-state index contributed by atoms with van der Waals surface area (Å²) in [5, 5.41) is 11.8. The molecule has 4 N–H and O–H groups in total. The Morgan fingerprint density at radius 3 is 2.55 bits per heavy atom. The second kappa shape index (κ2) is 7.87. The van der Waals surface area contributed by atoms with Crippen molar-refractivity contribution in [2.24, 2.45) is 0 Å². The van der Waals surface area contributed by atoms with Crippen LogP contribution in [0.3, 0.4) is 0 Å². The van der Waals surface area contributed by atoms with E-state index in [9.17, 15) is 4.79 Å². The minimum atomic E-state index is -0.277. The summed E-state index contributed by atoms with van der Waals surface area (Å²) in [5.41, 5.74) is 7.01. The molecule has 0 radical (unpaired) electrons. The molecule has 0 fully saturated rings. The number of para-hydroxylation sites is 2. The Balaban J connectivity index is 2.71. The van der Waals surface area contributed by atoms with Crippen LogP contribution < -0.4 is 11.1 Å². The predicted octanol–water partition coefficient (Wildman–Crippen LogP) is 1.69. The van der Waals surface area contributed by atoms with E-state index in [1.807, 2.05) is 32.9 Å². The minimum Gasteiger partial charge on any atom is -0.397 e. The van der Waals surface area contributed by atoms with Gasteiger partial charge in [-0.15, -0.1) is 0 Å². The number of nitrogens with two attached hydrogens (primary N) is 1. The highest BCUT2D eigenvalue weighted by atomic mass is 16.3. The number of aliphatic hydroxyl groups is 1. The Kier molecular flexibility index (Phi) is 6.48. The molecule has 0 spiro atoms. The van der Waals surface area contributed by atoms with Gasteiger partial charge in [0.05, 0.1) is 17.4 Å². The van der Waals surface area contributed by atoms with Crippen molar-refractivity contribution in [1.82, 2.24) is 4.90 Å². The van der Waals surface area contributed by atoms with Crippen molar-refractivity contribution in [1.29, 1.82) is 0 Å². The number of amides is 1. The molecule has 1 amide bonds. The first-order valence-corrected chi connectivity index (χ1v) is 6.99. The van der Waals surface area contributed by atoms with Crippen LogP contribution in [0.2, 0.25) is 0 Å². The predicted molar refractivity (Wildman–Crippen MR) is 82.5 cm³/mol. The molecule has 1 aromatic carbocycles. The fourth-order valence-corrected chi connectivity index (χ4v) is 2.15. The maximum Gasteiger partial charge on any atom is 0.241 e. The summed E-state index contributed by atoms with van der Waals surface area (Å²) in [6, 6.07) is 7.16. The molecule has 0 aliphatic rings. The summed E-state index contributed by atoms with van der Waals surface area (Å²) in [6.07, 6.45) is 0.656. The Hall–Kier alpha value is -1.59. The molecular weight excluding hydrogens is 254 g/mol. The Labute approximate surface area is 120 Å². The highest BCUT2D eigenvalue weighted by Gasteiger charge is 2.23. The van der Waals surface area contributed by atoms with Gasteiger partial charge in [0.1, 0.15) is 0 Å². The number of nitrogen functional groups attached to an aromatic ring is 1. The van der Waals surface area contributed by atoms with Gasteiger partial charge in [-0.05, 0) is 39.3 Å². The monoisotopic (exact) mass is 279 g/mol. The van der Waals surface area contributed by atoms with E-state index in [-0.39, 0.29) is 24.6 Å². The molecule has 112 valence electrons. The molecule has 1 aromatic rings. The highest BCUT2D eigenvalue weighted by Crippen LogP contribution is 2.18. The number of carbonyl (C=O) groups excluding carboxylic acids is 1. The molecule has 5 nitrogen and oxygen atoms in total. The average molecular weight is 279 g/mol. The molecule has 5 heteroatoms. The number of hydrogen-bond acceptors (Lipinski definition) is 4. The van der Waals surface area contributed by atoms with Crippen molar-refractivity contribution >= 4 is 17.3 Å². The number of aliphatic hydroxyl groups excluding tert-OH is 1. The number of carbonyl (C=O) groups is 1. The molecule has 0 saturated carbocycles. The van der Waals surface area contributed by atoms with Gasteiger partial charge in [-0.25, -0.2) is 0 Å². The van der Waals surface area contributed by atoms with Crippen molar-refractivity contribution in [3.05, 3.63) is 24.3 Å².